The second kappa shape index (κ2) is 8.95. The molecule has 0 saturated carbocycles. The van der Waals surface area contributed by atoms with E-state index in [1.807, 2.05) is 60.7 Å². The highest BCUT2D eigenvalue weighted by atomic mass is 16.4. The van der Waals surface area contributed by atoms with Crippen LogP contribution in [0.1, 0.15) is 26.2 Å². The maximum absolute atomic E-state index is 12.4. The van der Waals surface area contributed by atoms with Crippen molar-refractivity contribution in [1.29, 1.82) is 0 Å². The van der Waals surface area contributed by atoms with Crippen LogP contribution >= 0.6 is 0 Å². The second-order valence-electron chi connectivity index (χ2n) is 7.89. The number of carbonyl (C=O) groups is 2. The number of hydrogen-bond acceptors (Lipinski definition) is 4. The molecule has 30 heavy (non-hydrogen) atoms. The molecule has 6 nitrogen and oxygen atoms in total. The summed E-state index contributed by atoms with van der Waals surface area (Å²) < 4.78 is 6.06. The average molecular weight is 405 g/mol. The molecule has 0 bridgehead atoms. The third-order valence-electron chi connectivity index (χ3n) is 4.71. The Bertz CT molecular complexity index is 952. The fraction of sp³-hybridized carbons (Fsp3) is 0.292. The van der Waals surface area contributed by atoms with Gasteiger partial charge in [-0.3, -0.25) is 9.59 Å². The lowest BCUT2D eigenvalue weighted by Gasteiger charge is -2.28. The fourth-order valence-corrected chi connectivity index (χ4v) is 3.29. The molecule has 2 amide bonds. The van der Waals surface area contributed by atoms with Gasteiger partial charge in [-0.05, 0) is 13.8 Å². The number of aromatic nitrogens is 1. The summed E-state index contributed by atoms with van der Waals surface area (Å²) in [6.07, 6.45) is 0.512. The molecule has 0 saturated heterocycles. The molecule has 0 aliphatic carbocycles. The Balaban J connectivity index is 1.78. The van der Waals surface area contributed by atoms with Gasteiger partial charge in [0.2, 0.25) is 11.8 Å². The molecule has 3 aromatic rings. The maximum Gasteiger partial charge on any atom is 0.247 e. The van der Waals surface area contributed by atoms with Crippen LogP contribution in [0.25, 0.3) is 22.6 Å². The van der Waals surface area contributed by atoms with Crippen molar-refractivity contribution in [2.24, 2.45) is 0 Å². The molecule has 0 atom stereocenters. The van der Waals surface area contributed by atoms with E-state index in [0.717, 1.165) is 16.8 Å². The van der Waals surface area contributed by atoms with E-state index >= 15 is 0 Å². The van der Waals surface area contributed by atoms with Gasteiger partial charge in [-0.15, -0.1) is 0 Å². The van der Waals surface area contributed by atoms with E-state index in [2.05, 4.69) is 10.3 Å². The van der Waals surface area contributed by atoms with Crippen LogP contribution in [0.5, 0.6) is 0 Å². The number of carbonyl (C=O) groups excluding carboxylic acids is 2. The van der Waals surface area contributed by atoms with E-state index in [-0.39, 0.29) is 18.2 Å². The normalized spacial score (nSPS) is 11.2. The highest BCUT2D eigenvalue weighted by Gasteiger charge is 2.30. The number of rotatable bonds is 7. The molecule has 0 unspecified atom stereocenters. The molecule has 0 spiro atoms. The van der Waals surface area contributed by atoms with Gasteiger partial charge in [-0.2, -0.15) is 0 Å². The minimum Gasteiger partial charge on any atom is -0.440 e. The van der Waals surface area contributed by atoms with E-state index in [1.54, 1.807) is 27.9 Å². The molecule has 0 aliphatic rings. The first-order valence-electron chi connectivity index (χ1n) is 9.91. The smallest absolute Gasteiger partial charge is 0.247 e. The van der Waals surface area contributed by atoms with Crippen LogP contribution in [-0.4, -0.2) is 41.3 Å². The molecular formula is C24H27N3O3. The number of aryl methyl sites for hydroxylation is 1. The zero-order valence-electron chi connectivity index (χ0n) is 17.8. The van der Waals surface area contributed by atoms with Crippen molar-refractivity contribution in [3.8, 4) is 22.6 Å². The fourth-order valence-electron chi connectivity index (χ4n) is 3.29. The third kappa shape index (κ3) is 4.95. The molecule has 3 rings (SSSR count). The first-order chi connectivity index (χ1) is 14.3. The van der Waals surface area contributed by atoms with Crippen molar-refractivity contribution >= 4 is 11.8 Å². The summed E-state index contributed by atoms with van der Waals surface area (Å²) in [6.45, 7) is 3.39. The summed E-state index contributed by atoms with van der Waals surface area (Å²) in [4.78, 5) is 30.8. The van der Waals surface area contributed by atoms with Crippen molar-refractivity contribution in [3.05, 3.63) is 66.6 Å². The summed E-state index contributed by atoms with van der Waals surface area (Å²) in [5.41, 5.74) is 1.66. The Morgan fingerprint density at radius 2 is 1.53 bits per heavy atom. The van der Waals surface area contributed by atoms with Crippen LogP contribution in [0.4, 0.5) is 0 Å². The minimum absolute atomic E-state index is 0.162. The van der Waals surface area contributed by atoms with Gasteiger partial charge >= 0.3 is 0 Å². The molecular weight excluding hydrogens is 378 g/mol. The van der Waals surface area contributed by atoms with Gasteiger partial charge in [0.05, 0.1) is 0 Å². The van der Waals surface area contributed by atoms with Gasteiger partial charge in [-0.25, -0.2) is 4.98 Å². The van der Waals surface area contributed by atoms with Gasteiger partial charge < -0.3 is 14.6 Å². The third-order valence-corrected chi connectivity index (χ3v) is 4.71. The number of oxazole rings is 1. The van der Waals surface area contributed by atoms with Crippen LogP contribution in [0.2, 0.25) is 0 Å². The molecule has 156 valence electrons. The highest BCUT2D eigenvalue weighted by Crippen LogP contribution is 2.32. The van der Waals surface area contributed by atoms with Crippen molar-refractivity contribution in [2.45, 2.75) is 32.2 Å². The number of nitrogens with zero attached hydrogens (tertiary/aromatic N) is 2. The van der Waals surface area contributed by atoms with Crippen molar-refractivity contribution in [3.63, 3.8) is 0 Å². The summed E-state index contributed by atoms with van der Waals surface area (Å²) in [5, 5.41) is 2.79. The van der Waals surface area contributed by atoms with Crippen LogP contribution in [-0.2, 0) is 16.0 Å². The Morgan fingerprint density at radius 3 is 2.10 bits per heavy atom. The monoisotopic (exact) mass is 405 g/mol. The lowest BCUT2D eigenvalue weighted by molar-refractivity contribution is -0.138. The summed E-state index contributed by atoms with van der Waals surface area (Å²) >= 11 is 0. The Morgan fingerprint density at radius 1 is 0.967 bits per heavy atom. The first-order valence-corrected chi connectivity index (χ1v) is 9.91. The standard InChI is InChI=1S/C24H27N3O3/c1-24(2,23(29)27(3)4)26-19(28)15-16-20-25-21(17-11-7-5-8-12-17)22(30-20)18-13-9-6-10-14-18/h5-14H,15-16H2,1-4H3,(H,26,28). The largest absolute Gasteiger partial charge is 0.440 e. The highest BCUT2D eigenvalue weighted by molar-refractivity contribution is 5.90. The zero-order valence-corrected chi connectivity index (χ0v) is 17.8. The lowest BCUT2D eigenvalue weighted by atomic mass is 10.0. The molecule has 1 heterocycles. The van der Waals surface area contributed by atoms with Gasteiger partial charge in [-0.1, -0.05) is 60.7 Å². The van der Waals surface area contributed by atoms with Crippen LogP contribution in [0, 0.1) is 0 Å². The topological polar surface area (TPSA) is 75.4 Å². The first kappa shape index (κ1) is 21.3. The van der Waals surface area contributed by atoms with Crippen molar-refractivity contribution in [2.75, 3.05) is 14.1 Å². The molecule has 6 heteroatoms. The predicted molar refractivity (Wildman–Crippen MR) is 117 cm³/mol. The molecule has 0 fully saturated rings. The number of nitrogens with one attached hydrogen (secondary N) is 1. The number of amides is 2. The lowest BCUT2D eigenvalue weighted by Crippen LogP contribution is -2.54. The van der Waals surface area contributed by atoms with E-state index < -0.39 is 5.54 Å². The van der Waals surface area contributed by atoms with Crippen molar-refractivity contribution in [1.82, 2.24) is 15.2 Å². The predicted octanol–water partition coefficient (Wildman–Crippen LogP) is 3.92. The summed E-state index contributed by atoms with van der Waals surface area (Å²) in [5.74, 6) is 0.778. The Hall–Kier alpha value is -3.41. The zero-order chi connectivity index (χ0) is 21.7. The Kier molecular flexibility index (Phi) is 6.35. The molecule has 1 aromatic heterocycles. The van der Waals surface area contributed by atoms with E-state index in [1.165, 1.54) is 4.90 Å². The number of hydrogen-bond donors (Lipinski definition) is 1. The van der Waals surface area contributed by atoms with Crippen LogP contribution in [0.15, 0.2) is 65.1 Å². The number of benzene rings is 2. The Labute approximate surface area is 176 Å². The van der Waals surface area contributed by atoms with Gasteiger partial charge in [0.15, 0.2) is 11.7 Å². The average Bonchev–Trinajstić information content (AvgIpc) is 3.17. The van der Waals surface area contributed by atoms with E-state index in [0.29, 0.717) is 18.1 Å². The molecule has 0 aliphatic heterocycles. The summed E-state index contributed by atoms with van der Waals surface area (Å²) in [6, 6.07) is 19.6. The van der Waals surface area contributed by atoms with Crippen LogP contribution in [0.3, 0.4) is 0 Å². The molecule has 0 radical (unpaired) electrons. The second-order valence-corrected chi connectivity index (χ2v) is 7.89. The quantitative estimate of drug-likeness (QED) is 0.646. The van der Waals surface area contributed by atoms with E-state index in [4.69, 9.17) is 4.42 Å². The van der Waals surface area contributed by atoms with Crippen molar-refractivity contribution < 1.29 is 14.0 Å². The molecule has 1 N–H and O–H groups in total. The molecule has 2 aromatic carbocycles. The number of likely N-dealkylation sites (N-methyl/N-ethyl adjacent to an activating group) is 1. The minimum atomic E-state index is -0.971. The van der Waals surface area contributed by atoms with Gasteiger partial charge in [0.25, 0.3) is 0 Å². The van der Waals surface area contributed by atoms with Gasteiger partial charge in [0.1, 0.15) is 11.2 Å². The van der Waals surface area contributed by atoms with Gasteiger partial charge in [0, 0.05) is 38.1 Å². The maximum atomic E-state index is 12.4. The van der Waals surface area contributed by atoms with E-state index in [9.17, 15) is 9.59 Å². The summed E-state index contributed by atoms with van der Waals surface area (Å²) in [7, 11) is 3.33. The SMILES string of the molecule is CN(C)C(=O)C(C)(C)NC(=O)CCc1nc(-c2ccccc2)c(-c2ccccc2)o1. The van der Waals surface area contributed by atoms with Crippen LogP contribution < -0.4 is 5.32 Å².